The van der Waals surface area contributed by atoms with Gasteiger partial charge in [0.25, 0.3) is 0 Å². The quantitative estimate of drug-likeness (QED) is 0.687. The number of hydrogen-bond donors (Lipinski definition) is 1. The van der Waals surface area contributed by atoms with Crippen LogP contribution in [0.4, 0.5) is 0 Å². The van der Waals surface area contributed by atoms with Crippen LogP contribution in [0.2, 0.25) is 0 Å². The summed E-state index contributed by atoms with van der Waals surface area (Å²) in [5, 5.41) is 0. The first-order valence-electron chi connectivity index (χ1n) is 7.63. The van der Waals surface area contributed by atoms with Gasteiger partial charge in [0.15, 0.2) is 0 Å². The number of thioether (sulfide) groups is 1. The molecule has 3 heteroatoms. The number of rotatable bonds is 8. The minimum absolute atomic E-state index is 0.598. The highest BCUT2D eigenvalue weighted by Gasteiger charge is 2.26. The Balaban J connectivity index is 2.34. The summed E-state index contributed by atoms with van der Waals surface area (Å²) in [7, 11) is 2.30. The van der Waals surface area contributed by atoms with Gasteiger partial charge in [-0.15, -0.1) is 0 Å². The highest BCUT2D eigenvalue weighted by molar-refractivity contribution is 7.98. The Bertz CT molecular complexity index is 198. The fraction of sp³-hybridized carbons (Fsp3) is 1.00. The van der Waals surface area contributed by atoms with Crippen molar-refractivity contribution in [3.8, 4) is 0 Å². The molecule has 0 amide bonds. The lowest BCUT2D eigenvalue weighted by atomic mass is 9.83. The lowest BCUT2D eigenvalue weighted by Gasteiger charge is -2.38. The number of likely N-dealkylation sites (N-methyl/N-ethyl adjacent to an activating group) is 1. The summed E-state index contributed by atoms with van der Waals surface area (Å²) >= 11 is 1.95. The molecule has 0 bridgehead atoms. The van der Waals surface area contributed by atoms with Crippen molar-refractivity contribution in [2.45, 2.75) is 64.0 Å². The molecule has 2 nitrogen and oxygen atoms in total. The Morgan fingerprint density at radius 1 is 1.28 bits per heavy atom. The van der Waals surface area contributed by atoms with Crippen LogP contribution in [0.3, 0.4) is 0 Å². The Hall–Kier alpha value is 0.270. The molecule has 0 spiro atoms. The molecule has 1 saturated carbocycles. The zero-order valence-corrected chi connectivity index (χ0v) is 13.3. The summed E-state index contributed by atoms with van der Waals surface area (Å²) in [6.07, 6.45) is 11.7. The van der Waals surface area contributed by atoms with Crippen LogP contribution >= 0.6 is 11.8 Å². The van der Waals surface area contributed by atoms with E-state index in [-0.39, 0.29) is 0 Å². The molecule has 0 saturated heterocycles. The van der Waals surface area contributed by atoms with Crippen LogP contribution in [0, 0.1) is 5.92 Å². The van der Waals surface area contributed by atoms with Crippen molar-refractivity contribution in [2.24, 2.45) is 11.7 Å². The van der Waals surface area contributed by atoms with Crippen molar-refractivity contribution in [1.82, 2.24) is 4.90 Å². The monoisotopic (exact) mass is 272 g/mol. The van der Waals surface area contributed by atoms with Gasteiger partial charge in [-0.3, -0.25) is 4.90 Å². The number of nitrogens with zero attached hydrogens (tertiary/aromatic N) is 1. The van der Waals surface area contributed by atoms with Gasteiger partial charge < -0.3 is 5.73 Å². The summed E-state index contributed by atoms with van der Waals surface area (Å²) in [5.74, 6) is 2.26. The molecular weight excluding hydrogens is 240 g/mol. The van der Waals surface area contributed by atoms with E-state index >= 15 is 0 Å². The van der Waals surface area contributed by atoms with Crippen LogP contribution in [-0.4, -0.2) is 42.6 Å². The third-order valence-electron chi connectivity index (χ3n) is 4.70. The van der Waals surface area contributed by atoms with Gasteiger partial charge in [0.2, 0.25) is 0 Å². The van der Waals surface area contributed by atoms with Gasteiger partial charge in [0.1, 0.15) is 0 Å². The van der Waals surface area contributed by atoms with Crippen LogP contribution in [0.15, 0.2) is 0 Å². The summed E-state index contributed by atoms with van der Waals surface area (Å²) in [6.45, 7) is 3.15. The SMILES string of the molecule is CCC1CCC(N(C)C(CN)CCCSC)CC1. The molecule has 2 N–H and O–H groups in total. The maximum Gasteiger partial charge on any atom is 0.0218 e. The van der Waals surface area contributed by atoms with Gasteiger partial charge in [-0.25, -0.2) is 0 Å². The predicted molar refractivity (Wildman–Crippen MR) is 84.3 cm³/mol. The molecular formula is C15H32N2S. The zero-order chi connectivity index (χ0) is 13.4. The van der Waals surface area contributed by atoms with Gasteiger partial charge in [0.05, 0.1) is 0 Å². The Kier molecular flexibility index (Phi) is 8.36. The molecule has 0 radical (unpaired) electrons. The second kappa shape index (κ2) is 9.22. The van der Waals surface area contributed by atoms with Gasteiger partial charge >= 0.3 is 0 Å². The summed E-state index contributed by atoms with van der Waals surface area (Å²) in [5.41, 5.74) is 5.97. The topological polar surface area (TPSA) is 29.3 Å². The van der Waals surface area contributed by atoms with Crippen molar-refractivity contribution in [2.75, 3.05) is 25.6 Å². The van der Waals surface area contributed by atoms with E-state index in [0.29, 0.717) is 6.04 Å². The first-order chi connectivity index (χ1) is 8.72. The first-order valence-corrected chi connectivity index (χ1v) is 9.03. The highest BCUT2D eigenvalue weighted by Crippen LogP contribution is 2.30. The molecule has 1 atom stereocenters. The minimum Gasteiger partial charge on any atom is -0.329 e. The molecule has 0 aromatic carbocycles. The third-order valence-corrected chi connectivity index (χ3v) is 5.40. The van der Waals surface area contributed by atoms with E-state index in [2.05, 4.69) is 25.1 Å². The summed E-state index contributed by atoms with van der Waals surface area (Å²) < 4.78 is 0. The summed E-state index contributed by atoms with van der Waals surface area (Å²) in [6, 6.07) is 1.39. The van der Waals surface area contributed by atoms with Gasteiger partial charge in [-0.05, 0) is 63.5 Å². The first kappa shape index (κ1) is 16.3. The Morgan fingerprint density at radius 2 is 1.94 bits per heavy atom. The molecule has 0 aromatic heterocycles. The average molecular weight is 273 g/mol. The van der Waals surface area contributed by atoms with Crippen molar-refractivity contribution in [1.29, 1.82) is 0 Å². The third kappa shape index (κ3) is 5.10. The van der Waals surface area contributed by atoms with Crippen molar-refractivity contribution in [3.05, 3.63) is 0 Å². The lowest BCUT2D eigenvalue weighted by molar-refractivity contribution is 0.117. The van der Waals surface area contributed by atoms with E-state index in [1.54, 1.807) is 0 Å². The van der Waals surface area contributed by atoms with Crippen LogP contribution in [0.25, 0.3) is 0 Å². The Morgan fingerprint density at radius 3 is 2.44 bits per heavy atom. The second-order valence-corrected chi connectivity index (χ2v) is 6.76. The van der Waals surface area contributed by atoms with Crippen molar-refractivity contribution in [3.63, 3.8) is 0 Å². The maximum atomic E-state index is 5.97. The fourth-order valence-electron chi connectivity index (χ4n) is 3.21. The van der Waals surface area contributed by atoms with E-state index in [4.69, 9.17) is 5.73 Å². The molecule has 108 valence electrons. The standard InChI is InChI=1S/C15H32N2S/c1-4-13-7-9-14(10-8-13)17(2)15(12-16)6-5-11-18-3/h13-15H,4-12,16H2,1-3H3. The largest absolute Gasteiger partial charge is 0.329 e. The molecule has 0 aromatic rings. The van der Waals surface area contributed by atoms with Crippen LogP contribution < -0.4 is 5.73 Å². The van der Waals surface area contributed by atoms with Crippen LogP contribution in [0.5, 0.6) is 0 Å². The number of hydrogen-bond acceptors (Lipinski definition) is 3. The van der Waals surface area contributed by atoms with Crippen LogP contribution in [-0.2, 0) is 0 Å². The van der Waals surface area contributed by atoms with E-state index in [9.17, 15) is 0 Å². The lowest BCUT2D eigenvalue weighted by Crippen LogP contribution is -2.45. The minimum atomic E-state index is 0.598. The van der Waals surface area contributed by atoms with Crippen molar-refractivity contribution < 1.29 is 0 Å². The molecule has 0 heterocycles. The smallest absolute Gasteiger partial charge is 0.0218 e. The fourth-order valence-corrected chi connectivity index (χ4v) is 3.66. The normalized spacial score (nSPS) is 26.5. The van der Waals surface area contributed by atoms with Crippen LogP contribution in [0.1, 0.15) is 51.9 Å². The molecule has 1 unspecified atom stereocenters. The van der Waals surface area contributed by atoms with E-state index in [0.717, 1.165) is 18.5 Å². The molecule has 1 rings (SSSR count). The van der Waals surface area contributed by atoms with Gasteiger partial charge in [-0.2, -0.15) is 11.8 Å². The second-order valence-electron chi connectivity index (χ2n) is 5.77. The van der Waals surface area contributed by atoms with E-state index < -0.39 is 0 Å². The van der Waals surface area contributed by atoms with Gasteiger partial charge in [-0.1, -0.05) is 13.3 Å². The molecule has 1 aliphatic carbocycles. The summed E-state index contributed by atoms with van der Waals surface area (Å²) in [4.78, 5) is 2.59. The molecule has 1 aliphatic rings. The van der Waals surface area contributed by atoms with Crippen molar-refractivity contribution >= 4 is 11.8 Å². The highest BCUT2D eigenvalue weighted by atomic mass is 32.2. The Labute approximate surface area is 118 Å². The molecule has 1 fully saturated rings. The number of nitrogens with two attached hydrogens (primary N) is 1. The molecule has 18 heavy (non-hydrogen) atoms. The zero-order valence-electron chi connectivity index (χ0n) is 12.5. The molecule has 0 aliphatic heterocycles. The van der Waals surface area contributed by atoms with Gasteiger partial charge in [0, 0.05) is 18.6 Å². The average Bonchev–Trinajstić information content (AvgIpc) is 2.43. The van der Waals surface area contributed by atoms with E-state index in [1.807, 2.05) is 11.8 Å². The van der Waals surface area contributed by atoms with E-state index in [1.165, 1.54) is 50.7 Å². The maximum absolute atomic E-state index is 5.97. The predicted octanol–water partition coefficient (Wildman–Crippen LogP) is 3.36.